The Bertz CT molecular complexity index is 354. The summed E-state index contributed by atoms with van der Waals surface area (Å²) in [5.41, 5.74) is 1.38. The average molecular weight is 230 g/mol. The van der Waals surface area contributed by atoms with Crippen LogP contribution in [0, 0.1) is 5.92 Å². The lowest BCUT2D eigenvalue weighted by Crippen LogP contribution is -2.43. The van der Waals surface area contributed by atoms with Crippen LogP contribution >= 0.6 is 0 Å². The zero-order chi connectivity index (χ0) is 11.7. The first-order valence-corrected chi connectivity index (χ1v) is 6.89. The summed E-state index contributed by atoms with van der Waals surface area (Å²) >= 11 is 0. The molecule has 1 saturated carbocycles. The number of nitrogens with one attached hydrogen (secondary N) is 1. The molecule has 1 aromatic rings. The van der Waals surface area contributed by atoms with Gasteiger partial charge in [0.15, 0.2) is 0 Å². The summed E-state index contributed by atoms with van der Waals surface area (Å²) in [6.45, 7) is 4.74. The van der Waals surface area contributed by atoms with Crippen LogP contribution in [0.1, 0.15) is 26.2 Å². The van der Waals surface area contributed by atoms with Crippen molar-refractivity contribution >= 4 is 5.69 Å². The molecular weight excluding hydrogens is 208 g/mol. The topological polar surface area (TPSA) is 15.3 Å². The van der Waals surface area contributed by atoms with Gasteiger partial charge >= 0.3 is 0 Å². The zero-order valence-electron chi connectivity index (χ0n) is 10.6. The van der Waals surface area contributed by atoms with Gasteiger partial charge < -0.3 is 10.2 Å². The van der Waals surface area contributed by atoms with Gasteiger partial charge in [0.25, 0.3) is 0 Å². The van der Waals surface area contributed by atoms with E-state index in [1.807, 2.05) is 0 Å². The molecular formula is C15H22N2. The van der Waals surface area contributed by atoms with Gasteiger partial charge in [0, 0.05) is 30.9 Å². The lowest BCUT2D eigenvalue weighted by atomic mass is 10.0. The minimum absolute atomic E-state index is 0.755. The summed E-state index contributed by atoms with van der Waals surface area (Å²) in [6, 6.07) is 12.4. The van der Waals surface area contributed by atoms with Crippen molar-refractivity contribution in [3.8, 4) is 0 Å². The van der Waals surface area contributed by atoms with Crippen LogP contribution in [0.25, 0.3) is 0 Å². The summed E-state index contributed by atoms with van der Waals surface area (Å²) < 4.78 is 0. The van der Waals surface area contributed by atoms with Crippen LogP contribution in [-0.2, 0) is 0 Å². The van der Waals surface area contributed by atoms with Crippen molar-refractivity contribution in [1.29, 1.82) is 0 Å². The highest BCUT2D eigenvalue weighted by atomic mass is 15.2. The maximum atomic E-state index is 3.79. The Kier molecular flexibility index (Phi) is 3.06. The summed E-state index contributed by atoms with van der Waals surface area (Å²) in [7, 11) is 0. The Balaban J connectivity index is 1.50. The average Bonchev–Trinajstić information content (AvgIpc) is 3.07. The van der Waals surface area contributed by atoms with E-state index in [-0.39, 0.29) is 0 Å². The van der Waals surface area contributed by atoms with Crippen LogP contribution < -0.4 is 10.2 Å². The highest BCUT2D eigenvalue weighted by Gasteiger charge is 2.34. The molecule has 2 unspecified atom stereocenters. The third-order valence-electron chi connectivity index (χ3n) is 4.18. The Morgan fingerprint density at radius 3 is 2.35 bits per heavy atom. The third kappa shape index (κ3) is 2.63. The second-order valence-corrected chi connectivity index (χ2v) is 5.58. The van der Waals surface area contributed by atoms with E-state index in [4.69, 9.17) is 0 Å². The zero-order valence-corrected chi connectivity index (χ0v) is 10.6. The SMILES string of the molecule is CC1CC1NC1CCN(c2ccccc2)CC1. The molecule has 2 atom stereocenters. The molecule has 2 fully saturated rings. The molecule has 92 valence electrons. The lowest BCUT2D eigenvalue weighted by Gasteiger charge is -2.34. The summed E-state index contributed by atoms with van der Waals surface area (Å²) in [5.74, 6) is 0.919. The number of benzene rings is 1. The van der Waals surface area contributed by atoms with E-state index in [1.54, 1.807) is 0 Å². The van der Waals surface area contributed by atoms with Gasteiger partial charge in [-0.05, 0) is 37.3 Å². The summed E-state index contributed by atoms with van der Waals surface area (Å²) in [5, 5.41) is 3.79. The molecule has 2 nitrogen and oxygen atoms in total. The van der Waals surface area contributed by atoms with Gasteiger partial charge in [-0.1, -0.05) is 25.1 Å². The minimum Gasteiger partial charge on any atom is -0.371 e. The van der Waals surface area contributed by atoms with Crippen molar-refractivity contribution in [2.45, 2.75) is 38.3 Å². The molecule has 0 aromatic heterocycles. The molecule has 1 aliphatic carbocycles. The monoisotopic (exact) mass is 230 g/mol. The molecule has 1 heterocycles. The highest BCUT2D eigenvalue weighted by molar-refractivity contribution is 5.46. The van der Waals surface area contributed by atoms with Crippen molar-refractivity contribution in [3.05, 3.63) is 30.3 Å². The van der Waals surface area contributed by atoms with Crippen molar-refractivity contribution in [1.82, 2.24) is 5.32 Å². The van der Waals surface area contributed by atoms with Crippen molar-refractivity contribution < 1.29 is 0 Å². The van der Waals surface area contributed by atoms with Crippen LogP contribution in [-0.4, -0.2) is 25.2 Å². The van der Waals surface area contributed by atoms with Gasteiger partial charge in [-0.25, -0.2) is 0 Å². The number of anilines is 1. The van der Waals surface area contributed by atoms with E-state index >= 15 is 0 Å². The Morgan fingerprint density at radius 1 is 1.12 bits per heavy atom. The fourth-order valence-electron chi connectivity index (χ4n) is 2.80. The number of hydrogen-bond acceptors (Lipinski definition) is 2. The molecule has 2 heteroatoms. The number of rotatable bonds is 3. The normalized spacial score (nSPS) is 29.4. The maximum Gasteiger partial charge on any atom is 0.0366 e. The van der Waals surface area contributed by atoms with Crippen LogP contribution in [0.15, 0.2) is 30.3 Å². The van der Waals surface area contributed by atoms with E-state index < -0.39 is 0 Å². The van der Waals surface area contributed by atoms with Gasteiger partial charge in [-0.3, -0.25) is 0 Å². The standard InChI is InChI=1S/C15H22N2/c1-12-11-15(12)16-13-7-9-17(10-8-13)14-5-3-2-4-6-14/h2-6,12-13,15-16H,7-11H2,1H3. The Labute approximate surface area is 104 Å². The second kappa shape index (κ2) is 4.69. The molecule has 1 saturated heterocycles. The number of para-hydroxylation sites is 1. The first kappa shape index (κ1) is 11.1. The molecule has 0 radical (unpaired) electrons. The Hall–Kier alpha value is -1.02. The van der Waals surface area contributed by atoms with E-state index in [1.165, 1.54) is 38.0 Å². The molecule has 2 aliphatic rings. The van der Waals surface area contributed by atoms with Crippen LogP contribution in [0.4, 0.5) is 5.69 Å². The van der Waals surface area contributed by atoms with E-state index in [2.05, 4.69) is 47.5 Å². The largest absolute Gasteiger partial charge is 0.371 e. The van der Waals surface area contributed by atoms with Gasteiger partial charge in [0.1, 0.15) is 0 Å². The lowest BCUT2D eigenvalue weighted by molar-refractivity contribution is 0.407. The number of piperidine rings is 1. The van der Waals surface area contributed by atoms with Gasteiger partial charge in [0.05, 0.1) is 0 Å². The smallest absolute Gasteiger partial charge is 0.0366 e. The maximum absolute atomic E-state index is 3.79. The van der Waals surface area contributed by atoms with E-state index in [0.717, 1.165) is 18.0 Å². The van der Waals surface area contributed by atoms with Crippen LogP contribution in [0.5, 0.6) is 0 Å². The van der Waals surface area contributed by atoms with Crippen LogP contribution in [0.3, 0.4) is 0 Å². The van der Waals surface area contributed by atoms with Crippen molar-refractivity contribution in [2.75, 3.05) is 18.0 Å². The summed E-state index contributed by atoms with van der Waals surface area (Å²) in [6.07, 6.45) is 3.97. The van der Waals surface area contributed by atoms with Crippen molar-refractivity contribution in [3.63, 3.8) is 0 Å². The molecule has 0 spiro atoms. The van der Waals surface area contributed by atoms with Gasteiger partial charge in [0.2, 0.25) is 0 Å². The molecule has 3 rings (SSSR count). The molecule has 1 N–H and O–H groups in total. The molecule has 1 aromatic carbocycles. The predicted molar refractivity (Wildman–Crippen MR) is 72.4 cm³/mol. The molecule has 1 aliphatic heterocycles. The number of hydrogen-bond donors (Lipinski definition) is 1. The second-order valence-electron chi connectivity index (χ2n) is 5.58. The van der Waals surface area contributed by atoms with Gasteiger partial charge in [-0.2, -0.15) is 0 Å². The third-order valence-corrected chi connectivity index (χ3v) is 4.18. The quantitative estimate of drug-likeness (QED) is 0.859. The molecule has 0 bridgehead atoms. The fraction of sp³-hybridized carbons (Fsp3) is 0.600. The highest BCUT2D eigenvalue weighted by Crippen LogP contribution is 2.31. The van der Waals surface area contributed by atoms with Crippen molar-refractivity contribution in [2.24, 2.45) is 5.92 Å². The number of nitrogens with zero attached hydrogens (tertiary/aromatic N) is 1. The van der Waals surface area contributed by atoms with Crippen LogP contribution in [0.2, 0.25) is 0 Å². The minimum atomic E-state index is 0.755. The molecule has 0 amide bonds. The Morgan fingerprint density at radius 2 is 1.76 bits per heavy atom. The first-order chi connectivity index (χ1) is 8.33. The van der Waals surface area contributed by atoms with E-state index in [0.29, 0.717) is 0 Å². The van der Waals surface area contributed by atoms with Gasteiger partial charge in [-0.15, -0.1) is 0 Å². The van der Waals surface area contributed by atoms with E-state index in [9.17, 15) is 0 Å². The summed E-state index contributed by atoms with van der Waals surface area (Å²) in [4.78, 5) is 2.51. The fourth-order valence-corrected chi connectivity index (χ4v) is 2.80. The predicted octanol–water partition coefficient (Wildman–Crippen LogP) is 2.65. The first-order valence-electron chi connectivity index (χ1n) is 6.89. The molecule has 17 heavy (non-hydrogen) atoms.